The molecule has 0 N–H and O–H groups in total. The standard InChI is InChI=1S/C48H51ClN4O3/c1-52-23-19-47(20-24-52,41-8-4-3-5-9-41)34-55-33-37-27-40(31-50-29-37)46-18-17-45(56-46)39-7-6-10-42(28-39)48(21-25-53(2)26-22-48)35-54-32-36-11-16-44(51-30-36)38-12-14-43(49)15-13-38/h3-18,27-31H,19-26,32-35H2,1-2H3. The van der Waals surface area contributed by atoms with Crippen LogP contribution in [0.1, 0.15) is 47.9 Å². The van der Waals surface area contributed by atoms with Crippen LogP contribution < -0.4 is 0 Å². The van der Waals surface area contributed by atoms with Crippen molar-refractivity contribution >= 4 is 11.6 Å². The van der Waals surface area contributed by atoms with Crippen LogP contribution in [0.5, 0.6) is 0 Å². The van der Waals surface area contributed by atoms with E-state index in [0.29, 0.717) is 26.4 Å². The Hall–Kier alpha value is -4.63. The molecule has 0 saturated carbocycles. The third kappa shape index (κ3) is 8.83. The van der Waals surface area contributed by atoms with Gasteiger partial charge in [-0.3, -0.25) is 9.97 Å². The molecule has 6 aromatic rings. The van der Waals surface area contributed by atoms with E-state index in [9.17, 15) is 0 Å². The lowest BCUT2D eigenvalue weighted by molar-refractivity contribution is 0.0406. The van der Waals surface area contributed by atoms with E-state index >= 15 is 0 Å². The molecule has 0 aliphatic carbocycles. The second kappa shape index (κ2) is 17.2. The number of furan rings is 1. The van der Waals surface area contributed by atoms with Gasteiger partial charge in [0.2, 0.25) is 0 Å². The minimum Gasteiger partial charge on any atom is -0.456 e. The quantitative estimate of drug-likeness (QED) is 0.116. The minimum atomic E-state index is -0.0977. The SMILES string of the molecule is CN1CCC(COCc2cncc(-c3ccc(-c4cccc(C5(COCc6ccc(-c7ccc(Cl)cc7)nc6)CCN(C)CC5)c4)o3)c2)(c2ccccc2)CC1. The van der Waals surface area contributed by atoms with Gasteiger partial charge in [0.15, 0.2) is 0 Å². The first-order valence-corrected chi connectivity index (χ1v) is 20.2. The number of piperidine rings is 2. The first-order valence-electron chi connectivity index (χ1n) is 19.8. The van der Waals surface area contributed by atoms with Gasteiger partial charge in [0.25, 0.3) is 0 Å². The summed E-state index contributed by atoms with van der Waals surface area (Å²) in [5.41, 5.74) is 8.66. The Morgan fingerprint density at radius 2 is 1.21 bits per heavy atom. The van der Waals surface area contributed by atoms with Crippen LogP contribution in [-0.2, 0) is 33.5 Å². The Morgan fingerprint density at radius 1 is 0.589 bits per heavy atom. The molecule has 2 fully saturated rings. The van der Waals surface area contributed by atoms with E-state index in [4.69, 9.17) is 30.5 Å². The average Bonchev–Trinajstić information content (AvgIpc) is 3.75. The zero-order chi connectivity index (χ0) is 38.4. The summed E-state index contributed by atoms with van der Waals surface area (Å²) in [4.78, 5) is 14.1. The second-order valence-electron chi connectivity index (χ2n) is 15.9. The van der Waals surface area contributed by atoms with E-state index in [-0.39, 0.29) is 10.8 Å². The fourth-order valence-electron chi connectivity index (χ4n) is 8.30. The zero-order valence-electron chi connectivity index (χ0n) is 32.5. The molecule has 288 valence electrons. The van der Waals surface area contributed by atoms with Crippen LogP contribution in [-0.4, -0.2) is 73.3 Å². The fourth-order valence-corrected chi connectivity index (χ4v) is 8.43. The first-order chi connectivity index (χ1) is 27.4. The molecule has 0 bridgehead atoms. The lowest BCUT2D eigenvalue weighted by Crippen LogP contribution is -2.43. The molecule has 0 spiro atoms. The highest BCUT2D eigenvalue weighted by Crippen LogP contribution is 2.39. The van der Waals surface area contributed by atoms with Crippen LogP contribution >= 0.6 is 11.6 Å². The van der Waals surface area contributed by atoms with Crippen molar-refractivity contribution in [2.24, 2.45) is 0 Å². The largest absolute Gasteiger partial charge is 0.456 e. The molecular weight excluding hydrogens is 716 g/mol. The Morgan fingerprint density at radius 3 is 1.88 bits per heavy atom. The highest BCUT2D eigenvalue weighted by atomic mass is 35.5. The minimum absolute atomic E-state index is 0.0321. The number of hydrogen-bond acceptors (Lipinski definition) is 7. The number of hydrogen-bond donors (Lipinski definition) is 0. The van der Waals surface area contributed by atoms with Gasteiger partial charge < -0.3 is 23.7 Å². The van der Waals surface area contributed by atoms with Gasteiger partial charge in [-0.2, -0.15) is 0 Å². The van der Waals surface area contributed by atoms with Crippen LogP contribution in [0.3, 0.4) is 0 Å². The van der Waals surface area contributed by atoms with Gasteiger partial charge in [-0.15, -0.1) is 0 Å². The number of nitrogens with zero attached hydrogens (tertiary/aromatic N) is 4. The summed E-state index contributed by atoms with van der Waals surface area (Å²) >= 11 is 6.08. The summed E-state index contributed by atoms with van der Waals surface area (Å²) in [5, 5.41) is 0.720. The number of benzene rings is 3. The molecule has 8 heteroatoms. The number of likely N-dealkylation sites (tertiary alicyclic amines) is 2. The van der Waals surface area contributed by atoms with Gasteiger partial charge >= 0.3 is 0 Å². The second-order valence-corrected chi connectivity index (χ2v) is 16.3. The third-order valence-electron chi connectivity index (χ3n) is 12.0. The fraction of sp³-hybridized carbons (Fsp3) is 0.333. The van der Waals surface area contributed by atoms with E-state index in [1.165, 1.54) is 11.1 Å². The van der Waals surface area contributed by atoms with Crippen LogP contribution in [0.2, 0.25) is 5.02 Å². The van der Waals surface area contributed by atoms with Gasteiger partial charge in [-0.05, 0) is 131 Å². The van der Waals surface area contributed by atoms with Crippen LogP contribution in [0.25, 0.3) is 33.9 Å². The van der Waals surface area contributed by atoms with Crippen molar-refractivity contribution < 1.29 is 13.9 Å². The van der Waals surface area contributed by atoms with Crippen molar-refractivity contribution in [1.82, 2.24) is 19.8 Å². The van der Waals surface area contributed by atoms with Gasteiger partial charge in [-0.1, -0.05) is 78.3 Å². The molecule has 8 rings (SSSR count). The summed E-state index contributed by atoms with van der Waals surface area (Å²) in [6.45, 7) is 6.53. The van der Waals surface area contributed by atoms with Gasteiger partial charge in [0, 0.05) is 51.1 Å². The molecule has 2 saturated heterocycles. The van der Waals surface area contributed by atoms with Crippen molar-refractivity contribution in [3.8, 4) is 33.9 Å². The topological polar surface area (TPSA) is 63.9 Å². The summed E-state index contributed by atoms with van der Waals surface area (Å²) in [5.74, 6) is 1.63. The summed E-state index contributed by atoms with van der Waals surface area (Å²) in [7, 11) is 4.41. The van der Waals surface area contributed by atoms with Crippen molar-refractivity contribution in [2.75, 3.05) is 53.5 Å². The Labute approximate surface area is 336 Å². The molecular formula is C48H51ClN4O3. The predicted molar refractivity (Wildman–Crippen MR) is 225 cm³/mol. The molecule has 0 radical (unpaired) electrons. The van der Waals surface area contributed by atoms with E-state index < -0.39 is 0 Å². The normalized spacial score (nSPS) is 17.2. The van der Waals surface area contributed by atoms with Gasteiger partial charge in [0.05, 0.1) is 32.1 Å². The first kappa shape index (κ1) is 38.3. The van der Waals surface area contributed by atoms with Crippen molar-refractivity contribution in [2.45, 2.75) is 49.7 Å². The molecule has 3 aromatic heterocycles. The molecule has 3 aromatic carbocycles. The number of halogens is 1. The van der Waals surface area contributed by atoms with E-state index in [1.807, 2.05) is 55.0 Å². The third-order valence-corrected chi connectivity index (χ3v) is 12.2. The Bertz CT molecular complexity index is 2170. The smallest absolute Gasteiger partial charge is 0.136 e. The van der Waals surface area contributed by atoms with E-state index in [0.717, 1.165) is 102 Å². The van der Waals surface area contributed by atoms with Crippen molar-refractivity contribution in [3.63, 3.8) is 0 Å². The number of ether oxygens (including phenoxy) is 2. The molecule has 0 amide bonds. The molecule has 56 heavy (non-hydrogen) atoms. The molecule has 2 aliphatic rings. The van der Waals surface area contributed by atoms with Gasteiger partial charge in [-0.25, -0.2) is 0 Å². The number of pyridine rings is 2. The average molecular weight is 767 g/mol. The maximum absolute atomic E-state index is 6.53. The molecule has 0 unspecified atom stereocenters. The van der Waals surface area contributed by atoms with Crippen molar-refractivity contribution in [3.05, 3.63) is 155 Å². The lowest BCUT2D eigenvalue weighted by atomic mass is 9.73. The maximum atomic E-state index is 6.53. The predicted octanol–water partition coefficient (Wildman–Crippen LogP) is 10.1. The van der Waals surface area contributed by atoms with Crippen molar-refractivity contribution in [1.29, 1.82) is 0 Å². The summed E-state index contributed by atoms with van der Waals surface area (Å²) < 4.78 is 19.5. The van der Waals surface area contributed by atoms with Crippen LogP contribution in [0.15, 0.2) is 132 Å². The van der Waals surface area contributed by atoms with E-state index in [2.05, 4.69) is 102 Å². The Balaban J connectivity index is 0.932. The molecule has 7 nitrogen and oxygen atoms in total. The van der Waals surface area contributed by atoms with Crippen LogP contribution in [0.4, 0.5) is 0 Å². The maximum Gasteiger partial charge on any atom is 0.136 e. The Kier molecular flexibility index (Phi) is 11.8. The summed E-state index contributed by atoms with van der Waals surface area (Å²) in [6, 6.07) is 37.9. The highest BCUT2D eigenvalue weighted by Gasteiger charge is 2.37. The lowest BCUT2D eigenvalue weighted by Gasteiger charge is -2.41. The number of rotatable bonds is 13. The van der Waals surface area contributed by atoms with Gasteiger partial charge in [0.1, 0.15) is 11.5 Å². The number of aromatic nitrogens is 2. The molecule has 0 atom stereocenters. The monoisotopic (exact) mass is 766 g/mol. The highest BCUT2D eigenvalue weighted by molar-refractivity contribution is 6.30. The molecule has 5 heterocycles. The van der Waals surface area contributed by atoms with E-state index in [1.54, 1.807) is 0 Å². The van der Waals surface area contributed by atoms with Crippen LogP contribution in [0, 0.1) is 0 Å². The summed E-state index contributed by atoms with van der Waals surface area (Å²) in [6.07, 6.45) is 9.91. The zero-order valence-corrected chi connectivity index (χ0v) is 33.3. The molecule has 2 aliphatic heterocycles.